The molecule has 0 atom stereocenters. The molecule has 0 amide bonds. The third kappa shape index (κ3) is 3.65. The van der Waals surface area contributed by atoms with Crippen molar-refractivity contribution in [3.8, 4) is 11.3 Å². The van der Waals surface area contributed by atoms with Crippen LogP contribution in [0.25, 0.3) is 11.3 Å². The fourth-order valence-electron chi connectivity index (χ4n) is 1.77. The summed E-state index contributed by atoms with van der Waals surface area (Å²) in [5.41, 5.74) is 1.84. The van der Waals surface area contributed by atoms with Gasteiger partial charge in [-0.25, -0.2) is 0 Å². The van der Waals surface area contributed by atoms with Crippen molar-refractivity contribution in [2.75, 3.05) is 0 Å². The van der Waals surface area contributed by atoms with Gasteiger partial charge in [0.1, 0.15) is 5.76 Å². The van der Waals surface area contributed by atoms with Crippen LogP contribution in [0.1, 0.15) is 18.4 Å². The third-order valence-corrected chi connectivity index (χ3v) is 2.69. The standard InChI is InChI=1S/C14H13F3O/c15-14(16,17)9-1-3-11-5-7-12(8-6-11)13-4-2-10-18-13/h2,4-8,10H,1,3,9H2. The Bertz CT molecular complexity index is 469. The zero-order chi connectivity index (χ0) is 13.0. The molecule has 1 nitrogen and oxygen atoms in total. The number of aryl methyl sites for hydroxylation is 1. The summed E-state index contributed by atoms with van der Waals surface area (Å²) in [5, 5.41) is 0. The number of furan rings is 1. The van der Waals surface area contributed by atoms with Crippen LogP contribution in [0.2, 0.25) is 0 Å². The van der Waals surface area contributed by atoms with Gasteiger partial charge in [-0.3, -0.25) is 0 Å². The Balaban J connectivity index is 1.92. The van der Waals surface area contributed by atoms with Gasteiger partial charge in [-0.05, 0) is 30.5 Å². The fraction of sp³-hybridized carbons (Fsp3) is 0.286. The van der Waals surface area contributed by atoms with Gasteiger partial charge in [-0.1, -0.05) is 24.3 Å². The minimum absolute atomic E-state index is 0.129. The molecular formula is C14H13F3O. The number of hydrogen-bond acceptors (Lipinski definition) is 1. The quantitative estimate of drug-likeness (QED) is 0.761. The molecule has 0 bridgehead atoms. The smallest absolute Gasteiger partial charge is 0.389 e. The molecule has 0 aliphatic carbocycles. The first-order valence-electron chi connectivity index (χ1n) is 5.74. The summed E-state index contributed by atoms with van der Waals surface area (Å²) in [4.78, 5) is 0. The van der Waals surface area contributed by atoms with E-state index in [1.807, 2.05) is 30.3 Å². The summed E-state index contributed by atoms with van der Waals surface area (Å²) in [6.45, 7) is 0. The van der Waals surface area contributed by atoms with Crippen molar-refractivity contribution < 1.29 is 17.6 Å². The zero-order valence-corrected chi connectivity index (χ0v) is 9.70. The maximum absolute atomic E-state index is 12.0. The van der Waals surface area contributed by atoms with E-state index in [-0.39, 0.29) is 6.42 Å². The maximum Gasteiger partial charge on any atom is 0.389 e. The van der Waals surface area contributed by atoms with Gasteiger partial charge in [-0.15, -0.1) is 0 Å². The minimum atomic E-state index is -4.06. The van der Waals surface area contributed by atoms with Crippen molar-refractivity contribution in [2.45, 2.75) is 25.4 Å². The van der Waals surface area contributed by atoms with E-state index in [1.165, 1.54) is 0 Å². The molecule has 4 heteroatoms. The molecule has 0 unspecified atom stereocenters. The van der Waals surface area contributed by atoms with Crippen LogP contribution in [-0.4, -0.2) is 6.18 Å². The van der Waals surface area contributed by atoms with Crippen molar-refractivity contribution in [3.05, 3.63) is 48.2 Å². The van der Waals surface area contributed by atoms with E-state index in [2.05, 4.69) is 0 Å². The van der Waals surface area contributed by atoms with E-state index in [0.717, 1.165) is 16.9 Å². The Morgan fingerprint density at radius 1 is 1.00 bits per heavy atom. The van der Waals surface area contributed by atoms with Gasteiger partial charge in [0, 0.05) is 12.0 Å². The lowest BCUT2D eigenvalue weighted by atomic mass is 10.1. The second-order valence-corrected chi connectivity index (χ2v) is 4.14. The van der Waals surface area contributed by atoms with E-state index >= 15 is 0 Å². The van der Waals surface area contributed by atoms with Crippen LogP contribution in [0.4, 0.5) is 13.2 Å². The lowest BCUT2D eigenvalue weighted by Crippen LogP contribution is -2.07. The molecule has 0 radical (unpaired) electrons. The molecule has 0 spiro atoms. The van der Waals surface area contributed by atoms with E-state index in [0.29, 0.717) is 6.42 Å². The van der Waals surface area contributed by atoms with E-state index in [9.17, 15) is 13.2 Å². The van der Waals surface area contributed by atoms with E-state index in [1.54, 1.807) is 12.3 Å². The Labute approximate surface area is 103 Å². The molecule has 0 saturated heterocycles. The first-order valence-corrected chi connectivity index (χ1v) is 5.74. The Hall–Kier alpha value is -1.71. The molecule has 0 N–H and O–H groups in total. The first kappa shape index (κ1) is 12.7. The van der Waals surface area contributed by atoms with Crippen molar-refractivity contribution in [1.82, 2.24) is 0 Å². The minimum Gasteiger partial charge on any atom is -0.464 e. The fourth-order valence-corrected chi connectivity index (χ4v) is 1.77. The van der Waals surface area contributed by atoms with Gasteiger partial charge in [0.15, 0.2) is 0 Å². The highest BCUT2D eigenvalue weighted by atomic mass is 19.4. The summed E-state index contributed by atoms with van der Waals surface area (Å²) in [5.74, 6) is 0.761. The van der Waals surface area contributed by atoms with E-state index < -0.39 is 12.6 Å². The number of halogens is 3. The van der Waals surface area contributed by atoms with Gasteiger partial charge in [0.25, 0.3) is 0 Å². The van der Waals surface area contributed by atoms with Gasteiger partial charge < -0.3 is 4.42 Å². The molecule has 18 heavy (non-hydrogen) atoms. The topological polar surface area (TPSA) is 13.1 Å². The van der Waals surface area contributed by atoms with Crippen LogP contribution in [0.3, 0.4) is 0 Å². The number of benzene rings is 1. The van der Waals surface area contributed by atoms with Gasteiger partial charge in [0.05, 0.1) is 6.26 Å². The summed E-state index contributed by atoms with van der Waals surface area (Å²) >= 11 is 0. The largest absolute Gasteiger partial charge is 0.464 e. The number of hydrogen-bond donors (Lipinski definition) is 0. The molecule has 1 heterocycles. The molecule has 1 aromatic heterocycles. The van der Waals surface area contributed by atoms with Crippen molar-refractivity contribution in [3.63, 3.8) is 0 Å². The maximum atomic E-state index is 12.0. The highest BCUT2D eigenvalue weighted by Crippen LogP contribution is 2.24. The van der Waals surface area contributed by atoms with Crippen molar-refractivity contribution in [1.29, 1.82) is 0 Å². The van der Waals surface area contributed by atoms with Crippen molar-refractivity contribution in [2.24, 2.45) is 0 Å². The van der Waals surface area contributed by atoms with Gasteiger partial charge in [-0.2, -0.15) is 13.2 Å². The predicted octanol–water partition coefficient (Wildman–Crippen LogP) is 4.83. The summed E-state index contributed by atoms with van der Waals surface area (Å²) in [7, 11) is 0. The lowest BCUT2D eigenvalue weighted by molar-refractivity contribution is -0.135. The lowest BCUT2D eigenvalue weighted by Gasteiger charge is -2.06. The normalized spacial score (nSPS) is 11.7. The summed E-state index contributed by atoms with van der Waals surface area (Å²) in [6.07, 6.45) is -2.63. The van der Waals surface area contributed by atoms with Crippen LogP contribution in [-0.2, 0) is 6.42 Å². The second-order valence-electron chi connectivity index (χ2n) is 4.14. The number of alkyl halides is 3. The number of rotatable bonds is 4. The molecule has 2 rings (SSSR count). The highest BCUT2D eigenvalue weighted by molar-refractivity contribution is 5.57. The Morgan fingerprint density at radius 3 is 2.28 bits per heavy atom. The Morgan fingerprint density at radius 2 is 1.72 bits per heavy atom. The highest BCUT2D eigenvalue weighted by Gasteiger charge is 2.25. The molecular weight excluding hydrogens is 241 g/mol. The summed E-state index contributed by atoms with van der Waals surface area (Å²) in [6, 6.07) is 11.1. The third-order valence-electron chi connectivity index (χ3n) is 2.69. The molecule has 96 valence electrons. The zero-order valence-electron chi connectivity index (χ0n) is 9.70. The average Bonchev–Trinajstić information content (AvgIpc) is 2.82. The van der Waals surface area contributed by atoms with Gasteiger partial charge >= 0.3 is 6.18 Å². The van der Waals surface area contributed by atoms with E-state index in [4.69, 9.17) is 4.42 Å². The summed E-state index contributed by atoms with van der Waals surface area (Å²) < 4.78 is 41.2. The molecule has 0 fully saturated rings. The van der Waals surface area contributed by atoms with Crippen LogP contribution < -0.4 is 0 Å². The predicted molar refractivity (Wildman–Crippen MR) is 63.1 cm³/mol. The van der Waals surface area contributed by atoms with Crippen LogP contribution in [0.5, 0.6) is 0 Å². The average molecular weight is 254 g/mol. The Kier molecular flexibility index (Phi) is 3.75. The molecule has 1 aromatic carbocycles. The molecule has 0 saturated carbocycles. The van der Waals surface area contributed by atoms with Crippen LogP contribution >= 0.6 is 0 Å². The van der Waals surface area contributed by atoms with Gasteiger partial charge in [0.2, 0.25) is 0 Å². The van der Waals surface area contributed by atoms with Crippen molar-refractivity contribution >= 4 is 0 Å². The molecule has 2 aromatic rings. The van der Waals surface area contributed by atoms with Crippen LogP contribution in [0, 0.1) is 0 Å². The monoisotopic (exact) mass is 254 g/mol. The first-order chi connectivity index (χ1) is 8.54. The molecule has 0 aliphatic heterocycles. The second kappa shape index (κ2) is 5.29. The van der Waals surface area contributed by atoms with Crippen LogP contribution in [0.15, 0.2) is 47.1 Å². The molecule has 0 aliphatic rings. The SMILES string of the molecule is FC(F)(F)CCCc1ccc(-c2ccco2)cc1.